The van der Waals surface area contributed by atoms with E-state index in [1.54, 1.807) is 6.26 Å². The number of hydrogen-bond donors (Lipinski definition) is 0. The molecule has 0 aromatic heterocycles. The molecule has 0 radical (unpaired) electrons. The van der Waals surface area contributed by atoms with E-state index in [2.05, 4.69) is 0 Å². The lowest BCUT2D eigenvalue weighted by atomic mass is 11.3. The molecular formula is C3H5ClOS. The molecule has 1 atom stereocenters. The molecule has 0 heterocycles. The van der Waals surface area contributed by atoms with E-state index in [4.69, 9.17) is 11.6 Å². The van der Waals surface area contributed by atoms with Gasteiger partial charge in [0, 0.05) is 28.0 Å². The van der Waals surface area contributed by atoms with Crippen molar-refractivity contribution in [1.29, 1.82) is 0 Å². The van der Waals surface area contributed by atoms with Gasteiger partial charge in [-0.3, -0.25) is 4.21 Å². The molecule has 36 valence electrons. The van der Waals surface area contributed by atoms with Crippen LogP contribution in [0.1, 0.15) is 0 Å². The Hall–Kier alpha value is 0.180. The Kier molecular flexibility index (Phi) is 3.47. The van der Waals surface area contributed by atoms with Crippen molar-refractivity contribution in [2.24, 2.45) is 0 Å². The van der Waals surface area contributed by atoms with E-state index in [1.165, 1.54) is 10.9 Å². The molecule has 0 fully saturated rings. The smallest absolute Gasteiger partial charge is 0.0433 e. The molecule has 0 aliphatic carbocycles. The summed E-state index contributed by atoms with van der Waals surface area (Å²) in [6.07, 6.45) is 1.55. The van der Waals surface area contributed by atoms with Gasteiger partial charge in [-0.05, 0) is 0 Å². The van der Waals surface area contributed by atoms with Crippen molar-refractivity contribution >= 4 is 22.4 Å². The van der Waals surface area contributed by atoms with Gasteiger partial charge >= 0.3 is 0 Å². The molecular weight excluding hydrogens is 120 g/mol. The lowest BCUT2D eigenvalue weighted by molar-refractivity contribution is 0.692. The Morgan fingerprint density at radius 2 is 2.33 bits per heavy atom. The highest BCUT2D eigenvalue weighted by Gasteiger charge is 1.70. The predicted octanol–water partition coefficient (Wildman–Crippen LogP) is 1.07. The fourth-order valence-corrected chi connectivity index (χ4v) is 0.652. The van der Waals surface area contributed by atoms with Gasteiger partial charge in [0.2, 0.25) is 0 Å². The van der Waals surface area contributed by atoms with Crippen LogP contribution in [0.25, 0.3) is 0 Å². The average molecular weight is 125 g/mol. The van der Waals surface area contributed by atoms with Gasteiger partial charge in [-0.1, -0.05) is 11.6 Å². The molecule has 0 aliphatic rings. The molecule has 0 saturated carbocycles. The summed E-state index contributed by atoms with van der Waals surface area (Å²) in [5, 5.41) is 1.40. The summed E-state index contributed by atoms with van der Waals surface area (Å²) in [6.45, 7) is 0. The maximum Gasteiger partial charge on any atom is 0.0433 e. The predicted molar refractivity (Wildman–Crippen MR) is 29.1 cm³/mol. The van der Waals surface area contributed by atoms with Gasteiger partial charge in [0.25, 0.3) is 0 Å². The molecule has 0 aromatic rings. The van der Waals surface area contributed by atoms with Crippen molar-refractivity contribution < 1.29 is 4.21 Å². The molecule has 0 bridgehead atoms. The minimum absolute atomic E-state index is 0.878. The van der Waals surface area contributed by atoms with Gasteiger partial charge < -0.3 is 0 Å². The van der Waals surface area contributed by atoms with E-state index < -0.39 is 10.8 Å². The topological polar surface area (TPSA) is 17.1 Å². The van der Waals surface area contributed by atoms with Crippen LogP contribution in [0.4, 0.5) is 0 Å². The molecule has 0 rings (SSSR count). The minimum atomic E-state index is -0.878. The molecule has 3 heteroatoms. The standard InChI is InChI=1S/C3H5ClOS/c1-6(5)3-2-4/h2-3H,1H3/b3-2-. The van der Waals surface area contributed by atoms with E-state index in [1.807, 2.05) is 0 Å². The largest absolute Gasteiger partial charge is 0.255 e. The zero-order valence-corrected chi connectivity index (χ0v) is 4.92. The zero-order chi connectivity index (χ0) is 4.99. The first kappa shape index (κ1) is 6.18. The number of rotatable bonds is 1. The molecule has 1 nitrogen and oxygen atoms in total. The highest BCUT2D eigenvalue weighted by molar-refractivity contribution is 7.87. The summed E-state index contributed by atoms with van der Waals surface area (Å²) in [5.41, 5.74) is 1.25. The van der Waals surface area contributed by atoms with Gasteiger partial charge in [0.1, 0.15) is 0 Å². The van der Waals surface area contributed by atoms with Crippen LogP contribution in [0.3, 0.4) is 0 Å². The third kappa shape index (κ3) is 4.18. The first-order valence-electron chi connectivity index (χ1n) is 1.36. The Bertz CT molecular complexity index is 78.9. The highest BCUT2D eigenvalue weighted by atomic mass is 35.5. The quantitative estimate of drug-likeness (QED) is 0.511. The second kappa shape index (κ2) is 3.37. The normalized spacial score (nSPS) is 15.7. The molecule has 0 saturated heterocycles. The maximum atomic E-state index is 9.98. The molecule has 0 amide bonds. The van der Waals surface area contributed by atoms with E-state index in [-0.39, 0.29) is 0 Å². The summed E-state index contributed by atoms with van der Waals surface area (Å²) in [6, 6.07) is 0. The fourth-order valence-electron chi connectivity index (χ4n) is 0.0724. The second-order valence-corrected chi connectivity index (χ2v) is 2.28. The molecule has 0 N–H and O–H groups in total. The van der Waals surface area contributed by atoms with E-state index in [0.717, 1.165) is 0 Å². The maximum absolute atomic E-state index is 9.98. The van der Waals surface area contributed by atoms with Gasteiger partial charge in [0.15, 0.2) is 0 Å². The Morgan fingerprint density at radius 3 is 2.33 bits per heavy atom. The first-order chi connectivity index (χ1) is 2.77. The van der Waals surface area contributed by atoms with Crippen LogP contribution in [-0.2, 0) is 10.8 Å². The second-order valence-electron chi connectivity index (χ2n) is 0.761. The monoisotopic (exact) mass is 124 g/mol. The summed E-state index contributed by atoms with van der Waals surface area (Å²) >= 11 is 5.02. The fraction of sp³-hybridized carbons (Fsp3) is 0.333. The molecule has 0 aromatic carbocycles. The SMILES string of the molecule is CS(=O)/C=C\Cl. The number of hydrogen-bond acceptors (Lipinski definition) is 1. The first-order valence-corrected chi connectivity index (χ1v) is 3.42. The summed E-state index contributed by atoms with van der Waals surface area (Å²) < 4.78 is 9.98. The van der Waals surface area contributed by atoms with E-state index >= 15 is 0 Å². The molecule has 1 unspecified atom stereocenters. The molecule has 6 heavy (non-hydrogen) atoms. The van der Waals surface area contributed by atoms with Crippen molar-refractivity contribution in [3.63, 3.8) is 0 Å². The van der Waals surface area contributed by atoms with Crippen LogP contribution in [0.5, 0.6) is 0 Å². The van der Waals surface area contributed by atoms with Crippen molar-refractivity contribution in [2.75, 3.05) is 6.26 Å². The van der Waals surface area contributed by atoms with Crippen LogP contribution in [0.2, 0.25) is 0 Å². The minimum Gasteiger partial charge on any atom is -0.255 e. The van der Waals surface area contributed by atoms with Crippen LogP contribution in [0, 0.1) is 0 Å². The molecule has 0 spiro atoms. The Morgan fingerprint density at radius 1 is 1.83 bits per heavy atom. The lowest BCUT2D eigenvalue weighted by Gasteiger charge is -1.69. The van der Waals surface area contributed by atoms with Crippen molar-refractivity contribution in [3.05, 3.63) is 10.9 Å². The third-order valence-electron chi connectivity index (χ3n) is 0.243. The highest BCUT2D eigenvalue weighted by Crippen LogP contribution is 1.79. The van der Waals surface area contributed by atoms with E-state index in [9.17, 15) is 4.21 Å². The van der Waals surface area contributed by atoms with Crippen molar-refractivity contribution in [2.45, 2.75) is 0 Å². The van der Waals surface area contributed by atoms with Crippen LogP contribution in [-0.4, -0.2) is 10.5 Å². The number of halogens is 1. The van der Waals surface area contributed by atoms with Crippen molar-refractivity contribution in [3.8, 4) is 0 Å². The van der Waals surface area contributed by atoms with Gasteiger partial charge in [-0.15, -0.1) is 0 Å². The average Bonchev–Trinajstić information content (AvgIpc) is 1.35. The van der Waals surface area contributed by atoms with Crippen LogP contribution < -0.4 is 0 Å². The van der Waals surface area contributed by atoms with E-state index in [0.29, 0.717) is 0 Å². The van der Waals surface area contributed by atoms with Gasteiger partial charge in [-0.25, -0.2) is 0 Å². The summed E-state index contributed by atoms with van der Waals surface area (Å²) in [7, 11) is -0.878. The lowest BCUT2D eigenvalue weighted by Crippen LogP contribution is -1.70. The Labute approximate surface area is 44.5 Å². The van der Waals surface area contributed by atoms with Gasteiger partial charge in [0.05, 0.1) is 0 Å². The van der Waals surface area contributed by atoms with Gasteiger partial charge in [-0.2, -0.15) is 0 Å². The van der Waals surface area contributed by atoms with Crippen molar-refractivity contribution in [1.82, 2.24) is 0 Å². The Balaban J connectivity index is 3.30. The van der Waals surface area contributed by atoms with Crippen LogP contribution >= 0.6 is 11.6 Å². The third-order valence-corrected chi connectivity index (χ3v) is 1.04. The zero-order valence-electron chi connectivity index (χ0n) is 3.35. The summed E-state index contributed by atoms with van der Waals surface area (Å²) in [5.74, 6) is 0. The summed E-state index contributed by atoms with van der Waals surface area (Å²) in [4.78, 5) is 0. The van der Waals surface area contributed by atoms with Crippen LogP contribution in [0.15, 0.2) is 10.9 Å². The molecule has 0 aliphatic heterocycles.